The van der Waals surface area contributed by atoms with Gasteiger partial charge in [0.15, 0.2) is 6.10 Å². The molecule has 0 saturated heterocycles. The molecule has 0 fully saturated rings. The first-order valence-electron chi connectivity index (χ1n) is 39.2. The van der Waals surface area contributed by atoms with Crippen molar-refractivity contribution in [1.29, 1.82) is 0 Å². The first-order valence-corrected chi connectivity index (χ1v) is 40.7. The number of carbonyl (C=O) groups is 2. The number of phosphoric acid groups is 1. The van der Waals surface area contributed by atoms with E-state index in [0.29, 0.717) is 17.4 Å². The molecule has 548 valence electrons. The van der Waals surface area contributed by atoms with Crippen LogP contribution in [0.1, 0.15) is 322 Å². The van der Waals surface area contributed by atoms with Crippen LogP contribution in [-0.4, -0.2) is 70.0 Å². The van der Waals surface area contributed by atoms with Gasteiger partial charge in [0.2, 0.25) is 0 Å². The Morgan fingerprint density at radius 3 is 0.833 bits per heavy atom. The fourth-order valence-electron chi connectivity index (χ4n) is 10.6. The Hall–Kier alpha value is -4.37. The number of esters is 2. The molecule has 2 atom stereocenters. The number of allylic oxidation sites excluding steroid dienone is 26. The largest absolute Gasteiger partial charge is 0.756 e. The summed E-state index contributed by atoms with van der Waals surface area (Å²) in [5, 5.41) is 0. The molecule has 0 aromatic rings. The Morgan fingerprint density at radius 1 is 0.323 bits per heavy atom. The van der Waals surface area contributed by atoms with Gasteiger partial charge in [-0.25, -0.2) is 0 Å². The molecule has 0 aliphatic carbocycles. The zero-order valence-electron chi connectivity index (χ0n) is 62.5. The van der Waals surface area contributed by atoms with Crippen molar-refractivity contribution < 1.29 is 42.1 Å². The molecule has 96 heavy (non-hydrogen) atoms. The summed E-state index contributed by atoms with van der Waals surface area (Å²) in [6.45, 7) is 4.03. The maximum Gasteiger partial charge on any atom is 0.306 e. The minimum absolute atomic E-state index is 0.0369. The smallest absolute Gasteiger partial charge is 0.306 e. The van der Waals surface area contributed by atoms with E-state index in [9.17, 15) is 19.0 Å². The molecule has 0 bridgehead atoms. The minimum atomic E-state index is -4.65. The van der Waals surface area contributed by atoms with E-state index in [1.807, 2.05) is 21.1 Å². The van der Waals surface area contributed by atoms with Crippen LogP contribution >= 0.6 is 7.82 Å². The Labute approximate surface area is 592 Å². The van der Waals surface area contributed by atoms with Gasteiger partial charge in [0, 0.05) is 12.8 Å². The van der Waals surface area contributed by atoms with E-state index in [1.165, 1.54) is 161 Å². The molecule has 0 saturated carbocycles. The zero-order valence-corrected chi connectivity index (χ0v) is 63.4. The van der Waals surface area contributed by atoms with Crippen LogP contribution in [0.25, 0.3) is 0 Å². The Morgan fingerprint density at radius 2 is 0.562 bits per heavy atom. The van der Waals surface area contributed by atoms with Gasteiger partial charge in [-0.3, -0.25) is 14.2 Å². The molecule has 0 radical (unpaired) electrons. The van der Waals surface area contributed by atoms with Crippen molar-refractivity contribution in [2.45, 2.75) is 328 Å². The van der Waals surface area contributed by atoms with Gasteiger partial charge in [-0.05, 0) is 122 Å². The molecule has 2 unspecified atom stereocenters. The van der Waals surface area contributed by atoms with Crippen LogP contribution in [-0.2, 0) is 32.7 Å². The molecular formula is C86H146NO8P. The van der Waals surface area contributed by atoms with Crippen LogP contribution in [0.5, 0.6) is 0 Å². The Kier molecular flexibility index (Phi) is 71.4. The summed E-state index contributed by atoms with van der Waals surface area (Å²) in [5.74, 6) is -0.835. The zero-order chi connectivity index (χ0) is 69.7. The lowest BCUT2D eigenvalue weighted by molar-refractivity contribution is -0.870. The lowest BCUT2D eigenvalue weighted by atomic mass is 10.0. The van der Waals surface area contributed by atoms with E-state index in [1.54, 1.807) is 0 Å². The topological polar surface area (TPSA) is 111 Å². The third kappa shape index (κ3) is 78.6. The highest BCUT2D eigenvalue weighted by atomic mass is 31.2. The van der Waals surface area contributed by atoms with E-state index in [-0.39, 0.29) is 32.0 Å². The van der Waals surface area contributed by atoms with Crippen LogP contribution in [0.3, 0.4) is 0 Å². The van der Waals surface area contributed by atoms with Gasteiger partial charge in [-0.15, -0.1) is 0 Å². The van der Waals surface area contributed by atoms with E-state index < -0.39 is 26.5 Å². The summed E-state index contributed by atoms with van der Waals surface area (Å²) in [6.07, 6.45) is 112. The highest BCUT2D eigenvalue weighted by Crippen LogP contribution is 2.38. The van der Waals surface area contributed by atoms with Gasteiger partial charge < -0.3 is 27.9 Å². The lowest BCUT2D eigenvalue weighted by Gasteiger charge is -2.28. The predicted molar refractivity (Wildman–Crippen MR) is 415 cm³/mol. The minimum Gasteiger partial charge on any atom is -0.756 e. The molecule has 0 aliphatic rings. The van der Waals surface area contributed by atoms with Crippen molar-refractivity contribution in [2.75, 3.05) is 47.5 Å². The number of likely N-dealkylation sites (N-methyl/N-ethyl adjacent to an activating group) is 1. The normalized spacial score (nSPS) is 13.9. The molecule has 0 amide bonds. The summed E-state index contributed by atoms with van der Waals surface area (Å²) in [4.78, 5) is 38.2. The second-order valence-electron chi connectivity index (χ2n) is 27.0. The molecule has 0 rings (SSSR count). The first-order chi connectivity index (χ1) is 47.0. The van der Waals surface area contributed by atoms with Gasteiger partial charge in [0.25, 0.3) is 7.82 Å². The maximum absolute atomic E-state index is 12.9. The monoisotopic (exact) mass is 1350 g/mol. The van der Waals surface area contributed by atoms with E-state index >= 15 is 0 Å². The number of rotatable bonds is 71. The second-order valence-corrected chi connectivity index (χ2v) is 28.4. The van der Waals surface area contributed by atoms with Gasteiger partial charge in [0.1, 0.15) is 19.8 Å². The highest BCUT2D eigenvalue weighted by molar-refractivity contribution is 7.45. The van der Waals surface area contributed by atoms with Gasteiger partial charge in [-0.1, -0.05) is 345 Å². The summed E-state index contributed by atoms with van der Waals surface area (Å²) in [5.41, 5.74) is 0. The number of phosphoric ester groups is 1. The average Bonchev–Trinajstić information content (AvgIpc) is 2.74. The van der Waals surface area contributed by atoms with E-state index in [4.69, 9.17) is 18.5 Å². The molecule has 10 heteroatoms. The molecule has 0 aromatic carbocycles. The summed E-state index contributed by atoms with van der Waals surface area (Å²) >= 11 is 0. The van der Waals surface area contributed by atoms with Crippen molar-refractivity contribution in [1.82, 2.24) is 0 Å². The fraction of sp³-hybridized carbons (Fsp3) is 0.674. The predicted octanol–water partition coefficient (Wildman–Crippen LogP) is 25.6. The molecule has 0 spiro atoms. The second kappa shape index (κ2) is 74.8. The molecule has 0 heterocycles. The third-order valence-corrected chi connectivity index (χ3v) is 17.5. The molecule has 0 N–H and O–H groups in total. The standard InChI is InChI=1S/C86H146NO8P/c1-6-8-10-12-14-16-18-20-22-24-26-28-30-32-34-36-38-40-42-43-45-46-48-50-52-54-56-58-60-62-64-66-68-70-72-74-76-78-85(88)92-82-84(83-94-96(90,91)93-81-80-87(3,4)5)95-86(89)79-77-75-73-71-69-67-65-63-61-59-57-55-53-51-49-47-44-41-39-37-35-33-31-29-27-25-23-21-19-17-15-13-11-9-7-2/h8-11,14-17,20-23,26-29,32-35,39,41,47,49,53,55,84H,6-7,12-13,18-19,24-25,30-31,36-38,40,42-46,48,50-52,54,56-83H2,1-5H3/b10-8-,11-9-,16-14-,17-15-,22-20-,23-21-,28-26-,29-27-,34-32-,35-33-,41-39-,49-47-,55-53-. The van der Waals surface area contributed by atoms with Crippen LogP contribution in [0, 0.1) is 0 Å². The number of carbonyl (C=O) groups excluding carboxylic acids is 2. The SMILES string of the molecule is CC/C=C\C/C=C\C/C=C\C/C=C\C/C=C\C/C=C\C/C=C\C/C=C\CCCCCCCCCCCCC(=O)OC(COC(=O)CCCCCCCCCCCCCCCCCCCCCCC/C=C\C/C=C\C/C=C\C/C=C\C/C=C\CC)COP(=O)([O-])OCC[N+](C)(C)C. The van der Waals surface area contributed by atoms with Crippen molar-refractivity contribution in [3.05, 3.63) is 158 Å². The van der Waals surface area contributed by atoms with Gasteiger partial charge in [-0.2, -0.15) is 0 Å². The van der Waals surface area contributed by atoms with Crippen molar-refractivity contribution in [2.24, 2.45) is 0 Å². The number of hydrogen-bond donors (Lipinski definition) is 0. The van der Waals surface area contributed by atoms with E-state index in [0.717, 1.165) is 128 Å². The number of nitrogens with zero attached hydrogens (tertiary/aromatic N) is 1. The number of hydrogen-bond acceptors (Lipinski definition) is 8. The Balaban J connectivity index is 4.01. The van der Waals surface area contributed by atoms with E-state index in [2.05, 4.69) is 172 Å². The van der Waals surface area contributed by atoms with Crippen LogP contribution in [0.2, 0.25) is 0 Å². The third-order valence-electron chi connectivity index (χ3n) is 16.5. The van der Waals surface area contributed by atoms with Gasteiger partial charge in [0.05, 0.1) is 27.7 Å². The number of unbranched alkanes of at least 4 members (excludes halogenated alkanes) is 31. The quantitative estimate of drug-likeness (QED) is 0.0195. The summed E-state index contributed by atoms with van der Waals surface area (Å²) in [7, 11) is 1.16. The molecule has 0 aliphatic heterocycles. The number of ether oxygens (including phenoxy) is 2. The van der Waals surface area contributed by atoms with Crippen LogP contribution in [0.15, 0.2) is 158 Å². The lowest BCUT2D eigenvalue weighted by Crippen LogP contribution is -2.37. The molecular weight excluding hydrogens is 1210 g/mol. The first kappa shape index (κ1) is 91.6. The Bertz CT molecular complexity index is 2180. The maximum atomic E-state index is 12.9. The average molecular weight is 1350 g/mol. The summed E-state index contributed by atoms with van der Waals surface area (Å²) in [6, 6.07) is 0. The highest BCUT2D eigenvalue weighted by Gasteiger charge is 2.22. The fourth-order valence-corrected chi connectivity index (χ4v) is 11.4. The van der Waals surface area contributed by atoms with Crippen LogP contribution in [0.4, 0.5) is 0 Å². The summed E-state index contributed by atoms with van der Waals surface area (Å²) < 4.78 is 34.4. The van der Waals surface area contributed by atoms with Crippen molar-refractivity contribution in [3.63, 3.8) is 0 Å². The van der Waals surface area contributed by atoms with Crippen molar-refractivity contribution in [3.8, 4) is 0 Å². The van der Waals surface area contributed by atoms with Crippen molar-refractivity contribution >= 4 is 19.8 Å². The molecule has 0 aromatic heterocycles. The van der Waals surface area contributed by atoms with Crippen LogP contribution < -0.4 is 4.89 Å². The molecule has 9 nitrogen and oxygen atoms in total. The van der Waals surface area contributed by atoms with Gasteiger partial charge >= 0.3 is 11.9 Å². The number of quaternary nitrogens is 1.